The van der Waals surface area contributed by atoms with Crippen molar-refractivity contribution in [2.75, 3.05) is 0 Å². The van der Waals surface area contributed by atoms with Gasteiger partial charge in [-0.3, -0.25) is 9.48 Å². The normalized spacial score (nSPS) is 16.5. The van der Waals surface area contributed by atoms with Crippen LogP contribution in [0.1, 0.15) is 50.5 Å². The van der Waals surface area contributed by atoms with Crippen LogP contribution in [0, 0.1) is 5.92 Å². The zero-order chi connectivity index (χ0) is 12.1. The number of ketones is 1. The topological polar surface area (TPSA) is 34.9 Å². The van der Waals surface area contributed by atoms with Crippen LogP contribution in [0.5, 0.6) is 0 Å². The van der Waals surface area contributed by atoms with Crippen LogP contribution in [0.25, 0.3) is 0 Å². The maximum Gasteiger partial charge on any atom is 0.133 e. The first-order valence-electron chi connectivity index (χ1n) is 6.73. The highest BCUT2D eigenvalue weighted by atomic mass is 16.1. The molecule has 0 saturated heterocycles. The Morgan fingerprint density at radius 2 is 2.18 bits per heavy atom. The molecule has 1 aliphatic rings. The van der Waals surface area contributed by atoms with E-state index < -0.39 is 0 Å². The monoisotopic (exact) mass is 234 g/mol. The molecule has 0 aromatic carbocycles. The van der Waals surface area contributed by atoms with Crippen LogP contribution in [0.3, 0.4) is 0 Å². The summed E-state index contributed by atoms with van der Waals surface area (Å²) in [5, 5.41) is 4.11. The van der Waals surface area contributed by atoms with Gasteiger partial charge in [0.05, 0.1) is 6.20 Å². The molecule has 0 radical (unpaired) electrons. The fourth-order valence-electron chi connectivity index (χ4n) is 2.67. The van der Waals surface area contributed by atoms with E-state index in [2.05, 4.69) is 5.10 Å². The number of carbonyl (C=O) groups is 1. The van der Waals surface area contributed by atoms with Crippen LogP contribution in [0.2, 0.25) is 0 Å². The summed E-state index contributed by atoms with van der Waals surface area (Å²) >= 11 is 0. The highest BCUT2D eigenvalue weighted by Crippen LogP contribution is 2.28. The molecule has 1 aromatic heterocycles. The fraction of sp³-hybridized carbons (Fsp3) is 0.714. The summed E-state index contributed by atoms with van der Waals surface area (Å²) in [6.45, 7) is 0. The first-order valence-corrected chi connectivity index (χ1v) is 6.73. The quantitative estimate of drug-likeness (QED) is 0.758. The summed E-state index contributed by atoms with van der Waals surface area (Å²) in [5.41, 5.74) is 1.17. The second-order valence-electron chi connectivity index (χ2n) is 5.25. The van der Waals surface area contributed by atoms with Gasteiger partial charge in [-0.05, 0) is 24.3 Å². The molecule has 0 bridgehead atoms. The largest absolute Gasteiger partial charge is 0.300 e. The molecule has 0 amide bonds. The van der Waals surface area contributed by atoms with E-state index >= 15 is 0 Å². The lowest BCUT2D eigenvalue weighted by molar-refractivity contribution is -0.119. The van der Waals surface area contributed by atoms with Gasteiger partial charge >= 0.3 is 0 Å². The Hall–Kier alpha value is -1.12. The molecule has 1 aromatic rings. The van der Waals surface area contributed by atoms with E-state index in [0.717, 1.165) is 25.2 Å². The van der Waals surface area contributed by atoms with Gasteiger partial charge < -0.3 is 0 Å². The summed E-state index contributed by atoms with van der Waals surface area (Å²) in [6.07, 6.45) is 12.7. The molecule has 0 atom stereocenters. The van der Waals surface area contributed by atoms with Gasteiger partial charge in [0.2, 0.25) is 0 Å². The molecule has 1 fully saturated rings. The van der Waals surface area contributed by atoms with Crippen molar-refractivity contribution < 1.29 is 4.79 Å². The summed E-state index contributed by atoms with van der Waals surface area (Å²) < 4.78 is 1.79. The minimum Gasteiger partial charge on any atom is -0.300 e. The molecule has 1 heterocycles. The van der Waals surface area contributed by atoms with E-state index in [1.807, 2.05) is 19.4 Å². The van der Waals surface area contributed by atoms with Crippen molar-refractivity contribution in [3.05, 3.63) is 18.0 Å². The average molecular weight is 234 g/mol. The third kappa shape index (κ3) is 3.99. The number of hydrogen-bond acceptors (Lipinski definition) is 2. The van der Waals surface area contributed by atoms with Crippen LogP contribution >= 0.6 is 0 Å². The molecule has 3 nitrogen and oxygen atoms in total. The lowest BCUT2D eigenvalue weighted by Gasteiger charge is -2.07. The maximum absolute atomic E-state index is 11.8. The van der Waals surface area contributed by atoms with Crippen molar-refractivity contribution in [3.8, 4) is 0 Å². The van der Waals surface area contributed by atoms with Crippen molar-refractivity contribution in [2.24, 2.45) is 13.0 Å². The van der Waals surface area contributed by atoms with E-state index in [4.69, 9.17) is 0 Å². The summed E-state index contributed by atoms with van der Waals surface area (Å²) in [5.74, 6) is 1.25. The number of rotatable bonds is 6. The smallest absolute Gasteiger partial charge is 0.133 e. The van der Waals surface area contributed by atoms with E-state index in [1.54, 1.807) is 4.68 Å². The van der Waals surface area contributed by atoms with Gasteiger partial charge in [-0.2, -0.15) is 5.10 Å². The number of nitrogens with zero attached hydrogens (tertiary/aromatic N) is 2. The van der Waals surface area contributed by atoms with Gasteiger partial charge in [-0.15, -0.1) is 0 Å². The van der Waals surface area contributed by atoms with E-state index in [0.29, 0.717) is 12.2 Å². The van der Waals surface area contributed by atoms with Crippen molar-refractivity contribution in [1.82, 2.24) is 9.78 Å². The van der Waals surface area contributed by atoms with Gasteiger partial charge in [0.25, 0.3) is 0 Å². The molecule has 0 unspecified atom stereocenters. The van der Waals surface area contributed by atoms with Gasteiger partial charge in [0.1, 0.15) is 5.78 Å². The Morgan fingerprint density at radius 1 is 1.41 bits per heavy atom. The zero-order valence-corrected chi connectivity index (χ0v) is 10.7. The molecule has 0 N–H and O–H groups in total. The Balaban J connectivity index is 1.63. The summed E-state index contributed by atoms with van der Waals surface area (Å²) in [7, 11) is 1.91. The van der Waals surface area contributed by atoms with Gasteiger partial charge in [0, 0.05) is 26.1 Å². The predicted molar refractivity (Wildman–Crippen MR) is 67.7 cm³/mol. The third-order valence-corrected chi connectivity index (χ3v) is 3.76. The van der Waals surface area contributed by atoms with Gasteiger partial charge in [-0.25, -0.2) is 0 Å². The minimum atomic E-state index is 0.417. The summed E-state index contributed by atoms with van der Waals surface area (Å²) in [4.78, 5) is 11.8. The summed E-state index contributed by atoms with van der Waals surface area (Å²) in [6, 6.07) is 0. The Labute approximate surface area is 103 Å². The maximum atomic E-state index is 11.8. The van der Waals surface area contributed by atoms with Gasteiger partial charge in [0.15, 0.2) is 0 Å². The molecule has 1 saturated carbocycles. The Kier molecular flexibility index (Phi) is 4.35. The predicted octanol–water partition coefficient (Wildman–Crippen LogP) is 2.89. The van der Waals surface area contributed by atoms with Crippen LogP contribution in [0.15, 0.2) is 12.4 Å². The third-order valence-electron chi connectivity index (χ3n) is 3.76. The second-order valence-corrected chi connectivity index (χ2v) is 5.25. The molecule has 1 aliphatic carbocycles. The number of aryl methyl sites for hydroxylation is 2. The molecule has 17 heavy (non-hydrogen) atoms. The van der Waals surface area contributed by atoms with Crippen molar-refractivity contribution in [2.45, 2.75) is 51.4 Å². The second kappa shape index (κ2) is 5.99. The number of aromatic nitrogens is 2. The first-order chi connectivity index (χ1) is 8.24. The van der Waals surface area contributed by atoms with Crippen molar-refractivity contribution >= 4 is 5.78 Å². The molecular formula is C14H22N2O. The lowest BCUT2D eigenvalue weighted by atomic mass is 9.98. The fourth-order valence-corrected chi connectivity index (χ4v) is 2.67. The zero-order valence-electron chi connectivity index (χ0n) is 10.7. The Bertz CT molecular complexity index is 364. The minimum absolute atomic E-state index is 0.417. The number of carbonyl (C=O) groups excluding carboxylic acids is 1. The van der Waals surface area contributed by atoms with Gasteiger partial charge in [-0.1, -0.05) is 25.7 Å². The SMILES string of the molecule is Cn1cc(CCC(=O)CCC2CCCC2)cn1. The standard InChI is InChI=1S/C14H22N2O/c1-16-11-13(10-15-16)7-9-14(17)8-6-12-4-2-3-5-12/h10-12H,2-9H2,1H3. The van der Waals surface area contributed by atoms with Crippen LogP contribution in [0.4, 0.5) is 0 Å². The average Bonchev–Trinajstić information content (AvgIpc) is 2.95. The van der Waals surface area contributed by atoms with E-state index in [9.17, 15) is 4.79 Å². The molecular weight excluding hydrogens is 212 g/mol. The first kappa shape index (κ1) is 12.3. The lowest BCUT2D eigenvalue weighted by Crippen LogP contribution is -2.03. The van der Waals surface area contributed by atoms with Crippen LogP contribution in [-0.2, 0) is 18.3 Å². The van der Waals surface area contributed by atoms with Crippen LogP contribution in [-0.4, -0.2) is 15.6 Å². The number of Topliss-reactive ketones (excluding diaryl/α,β-unsaturated/α-hetero) is 1. The number of hydrogen-bond donors (Lipinski definition) is 0. The van der Waals surface area contributed by atoms with Crippen molar-refractivity contribution in [3.63, 3.8) is 0 Å². The van der Waals surface area contributed by atoms with E-state index in [-0.39, 0.29) is 0 Å². The van der Waals surface area contributed by atoms with Crippen LogP contribution < -0.4 is 0 Å². The Morgan fingerprint density at radius 3 is 2.82 bits per heavy atom. The highest BCUT2D eigenvalue weighted by molar-refractivity contribution is 5.78. The molecule has 2 rings (SSSR count). The van der Waals surface area contributed by atoms with E-state index in [1.165, 1.54) is 31.2 Å². The molecule has 3 heteroatoms. The molecule has 0 aliphatic heterocycles. The molecule has 94 valence electrons. The van der Waals surface area contributed by atoms with Crippen molar-refractivity contribution in [1.29, 1.82) is 0 Å². The molecule has 0 spiro atoms. The highest BCUT2D eigenvalue weighted by Gasteiger charge is 2.16.